The Morgan fingerprint density at radius 3 is 2.67 bits per heavy atom. The van der Waals surface area contributed by atoms with Crippen LogP contribution in [0.3, 0.4) is 0 Å². The summed E-state index contributed by atoms with van der Waals surface area (Å²) in [6, 6.07) is 0. The summed E-state index contributed by atoms with van der Waals surface area (Å²) in [7, 11) is 0. The van der Waals surface area contributed by atoms with E-state index in [4.69, 9.17) is 18.9 Å². The smallest absolute Gasteiger partial charge is 0.383 e. The highest BCUT2D eigenvalue weighted by atomic mass is 32.2. The molecule has 0 fully saturated rings. The molecule has 0 bridgehead atoms. The van der Waals surface area contributed by atoms with E-state index >= 15 is 0 Å². The van der Waals surface area contributed by atoms with Gasteiger partial charge in [-0.1, -0.05) is 29.2 Å². The molecule has 0 amide bonds. The SMILES string of the molecule is CCOC(=O)CN1C(=CC=Cc2sc3c([n+]2CC(=O)OCC)OCCC3)SC2=C1OCCC2. The van der Waals surface area contributed by atoms with E-state index in [1.807, 2.05) is 27.7 Å². The van der Waals surface area contributed by atoms with Crippen molar-refractivity contribution < 1.29 is 33.1 Å². The highest BCUT2D eigenvalue weighted by Gasteiger charge is 2.34. The van der Waals surface area contributed by atoms with Gasteiger partial charge < -0.3 is 18.9 Å². The fraction of sp³-hybridized carbons (Fsp3) is 0.522. The summed E-state index contributed by atoms with van der Waals surface area (Å²) in [6.07, 6.45) is 9.70. The molecule has 33 heavy (non-hydrogen) atoms. The van der Waals surface area contributed by atoms with Gasteiger partial charge >= 0.3 is 17.8 Å². The van der Waals surface area contributed by atoms with Gasteiger partial charge in [0.25, 0.3) is 5.01 Å². The number of allylic oxidation sites excluding steroid dienone is 3. The summed E-state index contributed by atoms with van der Waals surface area (Å²) >= 11 is 3.25. The predicted molar refractivity (Wildman–Crippen MR) is 125 cm³/mol. The first-order chi connectivity index (χ1) is 16.1. The van der Waals surface area contributed by atoms with Crippen molar-refractivity contribution in [1.82, 2.24) is 4.90 Å². The number of hydrogen-bond donors (Lipinski definition) is 0. The van der Waals surface area contributed by atoms with Crippen molar-refractivity contribution in [1.29, 1.82) is 0 Å². The molecule has 1 aromatic heterocycles. The van der Waals surface area contributed by atoms with E-state index in [0.717, 1.165) is 57.3 Å². The maximum Gasteiger partial charge on any atom is 0.383 e. The minimum Gasteiger partial charge on any atom is -0.478 e. The minimum absolute atomic E-state index is 0.114. The molecule has 10 heteroatoms. The number of thioether (sulfide) groups is 1. The molecule has 0 radical (unpaired) electrons. The molecule has 0 aliphatic carbocycles. The number of esters is 2. The molecule has 4 heterocycles. The third-order valence-electron chi connectivity index (χ3n) is 5.19. The van der Waals surface area contributed by atoms with Crippen molar-refractivity contribution in [3.8, 4) is 5.88 Å². The summed E-state index contributed by atoms with van der Waals surface area (Å²) in [5, 5.41) is 1.83. The molecule has 0 saturated heterocycles. The van der Waals surface area contributed by atoms with Gasteiger partial charge in [-0.3, -0.25) is 9.69 Å². The largest absolute Gasteiger partial charge is 0.478 e. The van der Waals surface area contributed by atoms with Crippen LogP contribution in [0, 0.1) is 0 Å². The second kappa shape index (κ2) is 11.1. The molecule has 0 spiro atoms. The number of nitrogens with zero attached hydrogens (tertiary/aromatic N) is 2. The maximum atomic E-state index is 12.2. The number of carbonyl (C=O) groups is 2. The summed E-state index contributed by atoms with van der Waals surface area (Å²) in [5.41, 5.74) is 0. The van der Waals surface area contributed by atoms with Gasteiger partial charge in [0.2, 0.25) is 12.4 Å². The third-order valence-corrected chi connectivity index (χ3v) is 7.57. The molecule has 0 N–H and O–H groups in total. The number of carbonyl (C=O) groups excluding carboxylic acids is 2. The Hall–Kier alpha value is -2.46. The molecule has 178 valence electrons. The van der Waals surface area contributed by atoms with E-state index < -0.39 is 0 Å². The highest BCUT2D eigenvalue weighted by Crippen LogP contribution is 2.45. The summed E-state index contributed by atoms with van der Waals surface area (Å²) in [6.45, 7) is 5.81. The standard InChI is InChI=1S/C23H29N2O6S2/c1-3-28-20(26)14-24-18(32-16-8-6-12-30-22(16)24)10-5-11-19-25(15-21(27)29-4-2)23-17(33-19)9-7-13-31-23/h5,10-11H,3-4,6-9,12-15H2,1-2H3/q+1. The molecule has 8 nitrogen and oxygen atoms in total. The molecule has 0 unspecified atom stereocenters. The molecular formula is C23H29N2O6S2+. The number of aryl methyl sites for hydroxylation is 1. The number of rotatable bonds is 8. The van der Waals surface area contributed by atoms with Crippen molar-refractivity contribution in [3.63, 3.8) is 0 Å². The average molecular weight is 494 g/mol. The summed E-state index contributed by atoms with van der Waals surface area (Å²) < 4.78 is 23.9. The van der Waals surface area contributed by atoms with Gasteiger partial charge in [-0.05, 0) is 45.6 Å². The molecule has 3 aliphatic rings. The highest BCUT2D eigenvalue weighted by molar-refractivity contribution is 8.06. The third kappa shape index (κ3) is 5.55. The minimum atomic E-state index is -0.286. The van der Waals surface area contributed by atoms with Crippen LogP contribution in [-0.2, 0) is 36.8 Å². The summed E-state index contributed by atoms with van der Waals surface area (Å²) in [5.74, 6) is 0.949. The Bertz CT molecular complexity index is 997. The lowest BCUT2D eigenvalue weighted by Crippen LogP contribution is -2.41. The molecule has 0 saturated carbocycles. The van der Waals surface area contributed by atoms with Crippen LogP contribution >= 0.6 is 23.1 Å². The van der Waals surface area contributed by atoms with Crippen molar-refractivity contribution in [2.75, 3.05) is 33.0 Å². The predicted octanol–water partition coefficient (Wildman–Crippen LogP) is 3.37. The van der Waals surface area contributed by atoms with Gasteiger partial charge in [0.15, 0.2) is 0 Å². The second-order valence-electron chi connectivity index (χ2n) is 7.55. The number of hydrogen-bond acceptors (Lipinski definition) is 9. The fourth-order valence-electron chi connectivity index (χ4n) is 3.82. The quantitative estimate of drug-likeness (QED) is 0.403. The summed E-state index contributed by atoms with van der Waals surface area (Å²) in [4.78, 5) is 28.5. The van der Waals surface area contributed by atoms with E-state index in [9.17, 15) is 9.59 Å². The van der Waals surface area contributed by atoms with Crippen LogP contribution in [0.4, 0.5) is 0 Å². The van der Waals surface area contributed by atoms with Crippen LogP contribution in [0.1, 0.15) is 43.0 Å². The Balaban J connectivity index is 1.56. The van der Waals surface area contributed by atoms with Gasteiger partial charge in [-0.15, -0.1) is 4.57 Å². The van der Waals surface area contributed by atoms with Gasteiger partial charge in [0.1, 0.15) is 11.4 Å². The van der Waals surface area contributed by atoms with Crippen LogP contribution in [0.15, 0.2) is 28.0 Å². The van der Waals surface area contributed by atoms with Crippen LogP contribution in [0.2, 0.25) is 0 Å². The first kappa shape index (κ1) is 23.7. The van der Waals surface area contributed by atoms with E-state index in [-0.39, 0.29) is 25.0 Å². The second-order valence-corrected chi connectivity index (χ2v) is 9.78. The number of ether oxygens (including phenoxy) is 4. The molecule has 1 aromatic rings. The average Bonchev–Trinajstić information content (AvgIpc) is 3.32. The van der Waals surface area contributed by atoms with Gasteiger partial charge in [-0.2, -0.15) is 0 Å². The zero-order valence-electron chi connectivity index (χ0n) is 19.0. The molecule has 4 rings (SSSR count). The first-order valence-electron chi connectivity index (χ1n) is 11.3. The zero-order valence-corrected chi connectivity index (χ0v) is 20.6. The topological polar surface area (TPSA) is 78.2 Å². The molecule has 0 aromatic carbocycles. The van der Waals surface area contributed by atoms with Crippen LogP contribution in [-0.4, -0.2) is 49.8 Å². The van der Waals surface area contributed by atoms with Crippen LogP contribution < -0.4 is 9.30 Å². The Labute approximate surface area is 201 Å². The molecule has 0 atom stereocenters. The maximum absolute atomic E-state index is 12.2. The van der Waals surface area contributed by atoms with Crippen LogP contribution in [0.5, 0.6) is 5.88 Å². The zero-order chi connectivity index (χ0) is 23.2. The van der Waals surface area contributed by atoms with Crippen molar-refractivity contribution in [3.05, 3.63) is 37.9 Å². The van der Waals surface area contributed by atoms with Crippen molar-refractivity contribution >= 4 is 41.1 Å². The Kier molecular flexibility index (Phi) is 7.97. The van der Waals surface area contributed by atoms with E-state index in [0.29, 0.717) is 26.4 Å². The normalized spacial score (nSPS) is 18.7. The van der Waals surface area contributed by atoms with Crippen LogP contribution in [0.25, 0.3) is 6.08 Å². The lowest BCUT2D eigenvalue weighted by molar-refractivity contribution is -0.688. The lowest BCUT2D eigenvalue weighted by atomic mass is 10.2. The molecule has 3 aliphatic heterocycles. The number of fused-ring (bicyclic) bond motifs is 1. The fourth-order valence-corrected chi connectivity index (χ4v) is 6.14. The Morgan fingerprint density at radius 2 is 1.85 bits per heavy atom. The van der Waals surface area contributed by atoms with E-state index in [2.05, 4.69) is 0 Å². The van der Waals surface area contributed by atoms with E-state index in [1.165, 1.54) is 0 Å². The van der Waals surface area contributed by atoms with E-state index in [1.54, 1.807) is 36.9 Å². The monoisotopic (exact) mass is 493 g/mol. The first-order valence-corrected chi connectivity index (χ1v) is 12.9. The van der Waals surface area contributed by atoms with Gasteiger partial charge in [0.05, 0.1) is 36.4 Å². The van der Waals surface area contributed by atoms with Gasteiger partial charge in [-0.25, -0.2) is 4.79 Å². The van der Waals surface area contributed by atoms with Crippen molar-refractivity contribution in [2.24, 2.45) is 0 Å². The number of aromatic nitrogens is 1. The van der Waals surface area contributed by atoms with Crippen molar-refractivity contribution in [2.45, 2.75) is 46.1 Å². The lowest BCUT2D eigenvalue weighted by Gasteiger charge is -2.23. The Morgan fingerprint density at radius 1 is 1.09 bits per heavy atom. The molecular weight excluding hydrogens is 464 g/mol. The van der Waals surface area contributed by atoms with Gasteiger partial charge in [0, 0.05) is 6.08 Å². The number of thiazole rings is 1.